The van der Waals surface area contributed by atoms with Crippen LogP contribution < -0.4 is 5.32 Å². The molecule has 3 rings (SSSR count). The van der Waals surface area contributed by atoms with E-state index in [0.29, 0.717) is 0 Å². The second-order valence-corrected chi connectivity index (χ2v) is 6.33. The predicted octanol–water partition coefficient (Wildman–Crippen LogP) is 3.26. The molecular formula is C15H14F3N3OS. The molecule has 0 saturated heterocycles. The summed E-state index contributed by atoms with van der Waals surface area (Å²) in [4.78, 5) is 13.2. The van der Waals surface area contributed by atoms with Crippen molar-refractivity contribution in [2.24, 2.45) is 0 Å². The fourth-order valence-electron chi connectivity index (χ4n) is 2.48. The lowest BCUT2D eigenvalue weighted by atomic mass is 10.0. The zero-order chi connectivity index (χ0) is 16.4. The summed E-state index contributed by atoms with van der Waals surface area (Å²) in [6, 6.07) is 8.56. The Balaban J connectivity index is 1.65. The molecule has 1 aliphatic rings. The third-order valence-corrected chi connectivity index (χ3v) is 4.65. The minimum absolute atomic E-state index is 0.113. The van der Waals surface area contributed by atoms with Crippen LogP contribution in [0.4, 0.5) is 13.2 Å². The fourth-order valence-corrected chi connectivity index (χ4v) is 3.61. The molecular weight excluding hydrogens is 327 g/mol. The van der Waals surface area contributed by atoms with Crippen molar-refractivity contribution in [3.63, 3.8) is 0 Å². The quantitative estimate of drug-likeness (QED) is 0.932. The van der Waals surface area contributed by atoms with Gasteiger partial charge in [-0.1, -0.05) is 18.2 Å². The van der Waals surface area contributed by atoms with E-state index in [0.717, 1.165) is 39.6 Å². The van der Waals surface area contributed by atoms with Gasteiger partial charge in [0, 0.05) is 16.8 Å². The van der Waals surface area contributed by atoms with Gasteiger partial charge in [0.25, 0.3) is 0 Å². The first-order valence-electron chi connectivity index (χ1n) is 7.05. The second-order valence-electron chi connectivity index (χ2n) is 5.19. The van der Waals surface area contributed by atoms with Crippen LogP contribution in [0.25, 0.3) is 0 Å². The molecule has 8 heteroatoms. The van der Waals surface area contributed by atoms with Crippen LogP contribution in [0.5, 0.6) is 0 Å². The SMILES string of the molecule is O=C(Cn1ccc(C(F)(F)F)n1)NC1CCSc2ccccc21. The largest absolute Gasteiger partial charge is 0.435 e. The van der Waals surface area contributed by atoms with Crippen LogP contribution in [0.1, 0.15) is 23.7 Å². The van der Waals surface area contributed by atoms with Crippen molar-refractivity contribution < 1.29 is 18.0 Å². The van der Waals surface area contributed by atoms with E-state index in [2.05, 4.69) is 10.4 Å². The van der Waals surface area contributed by atoms with Gasteiger partial charge in [0.15, 0.2) is 5.69 Å². The Kier molecular flexibility index (Phi) is 4.34. The Morgan fingerprint density at radius 1 is 1.35 bits per heavy atom. The van der Waals surface area contributed by atoms with Gasteiger partial charge in [-0.25, -0.2) is 0 Å². The Morgan fingerprint density at radius 2 is 2.13 bits per heavy atom. The molecule has 0 spiro atoms. The highest BCUT2D eigenvalue weighted by Crippen LogP contribution is 2.35. The van der Waals surface area contributed by atoms with E-state index < -0.39 is 11.9 Å². The molecule has 1 aromatic carbocycles. The number of hydrogen-bond donors (Lipinski definition) is 1. The third-order valence-electron chi connectivity index (χ3n) is 3.53. The standard InChI is InChI=1S/C15H14F3N3OS/c16-15(17,18)13-5-7-21(20-13)9-14(22)19-11-6-8-23-12-4-2-1-3-10(11)12/h1-5,7,11H,6,8-9H2,(H,19,22). The summed E-state index contributed by atoms with van der Waals surface area (Å²) in [7, 11) is 0. The van der Waals surface area contributed by atoms with Gasteiger partial charge in [-0.2, -0.15) is 18.3 Å². The minimum Gasteiger partial charge on any atom is -0.348 e. The molecule has 0 bridgehead atoms. The van der Waals surface area contributed by atoms with Gasteiger partial charge < -0.3 is 5.32 Å². The van der Waals surface area contributed by atoms with Gasteiger partial charge in [0.1, 0.15) is 6.54 Å². The van der Waals surface area contributed by atoms with Crippen LogP contribution in [0.2, 0.25) is 0 Å². The molecule has 0 radical (unpaired) electrons. The van der Waals surface area contributed by atoms with Crippen molar-refractivity contribution in [2.45, 2.75) is 30.1 Å². The highest BCUT2D eigenvalue weighted by Gasteiger charge is 2.33. The highest BCUT2D eigenvalue weighted by atomic mass is 32.2. The van der Waals surface area contributed by atoms with Crippen LogP contribution in [0.15, 0.2) is 41.4 Å². The molecule has 1 N–H and O–H groups in total. The molecule has 0 saturated carbocycles. The first-order chi connectivity index (χ1) is 10.9. The molecule has 2 heterocycles. The predicted molar refractivity (Wildman–Crippen MR) is 79.9 cm³/mol. The summed E-state index contributed by atoms with van der Waals surface area (Å²) < 4.78 is 38.5. The van der Waals surface area contributed by atoms with Crippen LogP contribution >= 0.6 is 11.8 Å². The van der Waals surface area contributed by atoms with Crippen molar-refractivity contribution in [2.75, 3.05) is 5.75 Å². The maximum atomic E-state index is 12.5. The summed E-state index contributed by atoms with van der Waals surface area (Å²) >= 11 is 1.74. The lowest BCUT2D eigenvalue weighted by molar-refractivity contribution is -0.141. The van der Waals surface area contributed by atoms with E-state index in [4.69, 9.17) is 0 Å². The maximum Gasteiger partial charge on any atom is 0.435 e. The van der Waals surface area contributed by atoms with Gasteiger partial charge in [-0.05, 0) is 24.1 Å². The number of nitrogens with one attached hydrogen (secondary N) is 1. The summed E-state index contributed by atoms with van der Waals surface area (Å²) in [6.07, 6.45) is -2.55. The number of alkyl halides is 3. The van der Waals surface area contributed by atoms with Gasteiger partial charge >= 0.3 is 6.18 Å². The van der Waals surface area contributed by atoms with Gasteiger partial charge in [0.05, 0.1) is 6.04 Å². The molecule has 1 atom stereocenters. The average molecular weight is 341 g/mol. The number of amides is 1. The van der Waals surface area contributed by atoms with Crippen LogP contribution in [0, 0.1) is 0 Å². The van der Waals surface area contributed by atoms with E-state index >= 15 is 0 Å². The average Bonchev–Trinajstić information content (AvgIpc) is 2.96. The van der Waals surface area contributed by atoms with Gasteiger partial charge in [-0.15, -0.1) is 11.8 Å². The molecule has 2 aromatic rings. The number of hydrogen-bond acceptors (Lipinski definition) is 3. The fraction of sp³-hybridized carbons (Fsp3) is 0.333. The van der Waals surface area contributed by atoms with E-state index in [9.17, 15) is 18.0 Å². The lowest BCUT2D eigenvalue weighted by Gasteiger charge is -2.25. The molecule has 1 aliphatic heterocycles. The molecule has 1 amide bonds. The molecule has 122 valence electrons. The first kappa shape index (κ1) is 15.9. The third kappa shape index (κ3) is 3.69. The maximum absolute atomic E-state index is 12.5. The van der Waals surface area contributed by atoms with Crippen molar-refractivity contribution >= 4 is 17.7 Å². The Labute approximate surface area is 135 Å². The number of carbonyl (C=O) groups is 1. The molecule has 4 nitrogen and oxygen atoms in total. The van der Waals surface area contributed by atoms with Crippen molar-refractivity contribution in [1.29, 1.82) is 0 Å². The van der Waals surface area contributed by atoms with Crippen molar-refractivity contribution in [1.82, 2.24) is 15.1 Å². The van der Waals surface area contributed by atoms with E-state index in [1.165, 1.54) is 0 Å². The molecule has 0 fully saturated rings. The van der Waals surface area contributed by atoms with E-state index in [-0.39, 0.29) is 18.5 Å². The first-order valence-corrected chi connectivity index (χ1v) is 8.04. The number of halogens is 3. The van der Waals surface area contributed by atoms with Crippen LogP contribution in [-0.4, -0.2) is 21.4 Å². The molecule has 23 heavy (non-hydrogen) atoms. The van der Waals surface area contributed by atoms with Crippen molar-refractivity contribution in [3.8, 4) is 0 Å². The summed E-state index contributed by atoms with van der Waals surface area (Å²) in [5.74, 6) is 0.538. The number of benzene rings is 1. The van der Waals surface area contributed by atoms with E-state index in [1.807, 2.05) is 24.3 Å². The normalized spacial score (nSPS) is 17.6. The van der Waals surface area contributed by atoms with Crippen molar-refractivity contribution in [3.05, 3.63) is 47.8 Å². The van der Waals surface area contributed by atoms with E-state index in [1.54, 1.807) is 11.8 Å². The minimum atomic E-state index is -4.50. The highest BCUT2D eigenvalue weighted by molar-refractivity contribution is 7.99. The van der Waals surface area contributed by atoms with Gasteiger partial charge in [0.2, 0.25) is 5.91 Å². The second kappa shape index (κ2) is 6.27. The number of aromatic nitrogens is 2. The number of nitrogens with zero attached hydrogens (tertiary/aromatic N) is 2. The molecule has 0 aliphatic carbocycles. The Bertz CT molecular complexity index is 714. The summed E-state index contributed by atoms with van der Waals surface area (Å²) in [6.45, 7) is -0.234. The Hall–Kier alpha value is -1.96. The van der Waals surface area contributed by atoms with Gasteiger partial charge in [-0.3, -0.25) is 9.48 Å². The summed E-state index contributed by atoms with van der Waals surface area (Å²) in [5.41, 5.74) is 0.0539. The smallest absolute Gasteiger partial charge is 0.348 e. The number of thioether (sulfide) groups is 1. The van der Waals surface area contributed by atoms with Crippen LogP contribution in [-0.2, 0) is 17.5 Å². The summed E-state index contributed by atoms with van der Waals surface area (Å²) in [5, 5.41) is 6.26. The zero-order valence-electron chi connectivity index (χ0n) is 12.0. The molecule has 1 unspecified atom stereocenters. The topological polar surface area (TPSA) is 46.9 Å². The lowest BCUT2D eigenvalue weighted by Crippen LogP contribution is -2.33. The Morgan fingerprint density at radius 3 is 2.87 bits per heavy atom. The number of carbonyl (C=O) groups excluding carboxylic acids is 1. The number of rotatable bonds is 3. The van der Waals surface area contributed by atoms with Crippen LogP contribution in [0.3, 0.4) is 0 Å². The monoisotopic (exact) mass is 341 g/mol. The molecule has 1 aromatic heterocycles. The number of fused-ring (bicyclic) bond motifs is 1. The zero-order valence-corrected chi connectivity index (χ0v) is 12.8.